The van der Waals surface area contributed by atoms with E-state index < -0.39 is 0 Å². The SMILES string of the molecule is COCCNC(=O)C[C@@H](c1ccccc1OC)c1cn(Cc2ccc(F)cc2)c2ccccc12. The lowest BCUT2D eigenvalue weighted by atomic mass is 9.87. The maximum Gasteiger partial charge on any atom is 0.221 e. The van der Waals surface area contributed by atoms with Gasteiger partial charge in [-0.3, -0.25) is 4.79 Å². The normalized spacial score (nSPS) is 12.0. The van der Waals surface area contributed by atoms with E-state index >= 15 is 0 Å². The summed E-state index contributed by atoms with van der Waals surface area (Å²) < 4.78 is 26.3. The van der Waals surface area contributed by atoms with E-state index in [1.165, 1.54) is 12.1 Å². The molecular formula is C28H29FN2O3. The molecule has 1 N–H and O–H groups in total. The van der Waals surface area contributed by atoms with Crippen molar-refractivity contribution in [2.45, 2.75) is 18.9 Å². The van der Waals surface area contributed by atoms with E-state index in [2.05, 4.69) is 28.2 Å². The first kappa shape index (κ1) is 23.5. The predicted molar refractivity (Wildman–Crippen MR) is 132 cm³/mol. The van der Waals surface area contributed by atoms with Gasteiger partial charge in [-0.1, -0.05) is 48.5 Å². The van der Waals surface area contributed by atoms with Crippen molar-refractivity contribution in [1.82, 2.24) is 9.88 Å². The Bertz CT molecular complexity index is 1250. The molecule has 1 aromatic heterocycles. The first-order chi connectivity index (χ1) is 16.6. The Hall–Kier alpha value is -3.64. The number of carbonyl (C=O) groups excluding carboxylic acids is 1. The molecule has 5 nitrogen and oxygen atoms in total. The van der Waals surface area contributed by atoms with E-state index in [0.29, 0.717) is 19.7 Å². The summed E-state index contributed by atoms with van der Waals surface area (Å²) in [6.07, 6.45) is 2.38. The van der Waals surface area contributed by atoms with Crippen molar-refractivity contribution < 1.29 is 18.7 Å². The van der Waals surface area contributed by atoms with Crippen LogP contribution in [0.25, 0.3) is 10.9 Å². The molecule has 176 valence electrons. The van der Waals surface area contributed by atoms with E-state index in [0.717, 1.165) is 33.3 Å². The molecule has 0 fully saturated rings. The zero-order valence-electron chi connectivity index (χ0n) is 19.5. The number of nitrogens with zero attached hydrogens (tertiary/aromatic N) is 1. The van der Waals surface area contributed by atoms with Gasteiger partial charge in [0, 0.05) is 55.2 Å². The largest absolute Gasteiger partial charge is 0.496 e. The summed E-state index contributed by atoms with van der Waals surface area (Å²) in [5.41, 5.74) is 4.06. The summed E-state index contributed by atoms with van der Waals surface area (Å²) in [7, 11) is 3.26. The number of hydrogen-bond donors (Lipinski definition) is 1. The molecule has 0 unspecified atom stereocenters. The van der Waals surface area contributed by atoms with Crippen LogP contribution in [0, 0.1) is 5.82 Å². The highest BCUT2D eigenvalue weighted by Crippen LogP contribution is 2.38. The molecule has 4 rings (SSSR count). The second-order valence-corrected chi connectivity index (χ2v) is 8.20. The minimum Gasteiger partial charge on any atom is -0.496 e. The summed E-state index contributed by atoms with van der Waals surface area (Å²) in [5.74, 6) is 0.228. The standard InChI is InChI=1S/C28H29FN2O3/c1-33-16-15-30-28(32)17-24(23-8-4-6-10-27(23)34-2)25-19-31(26-9-5-3-7-22(25)26)18-20-11-13-21(29)14-12-20/h3-14,19,24H,15-18H2,1-2H3,(H,30,32)/t24-/m0/s1. The molecule has 0 saturated carbocycles. The van der Waals surface area contributed by atoms with Crippen molar-refractivity contribution >= 4 is 16.8 Å². The van der Waals surface area contributed by atoms with Crippen LogP contribution in [0.2, 0.25) is 0 Å². The summed E-state index contributed by atoms with van der Waals surface area (Å²) in [6, 6.07) is 22.5. The van der Waals surface area contributed by atoms with Gasteiger partial charge in [0.1, 0.15) is 11.6 Å². The topological polar surface area (TPSA) is 52.5 Å². The highest BCUT2D eigenvalue weighted by Gasteiger charge is 2.25. The minimum atomic E-state index is -0.252. The maximum atomic E-state index is 13.4. The minimum absolute atomic E-state index is 0.0525. The monoisotopic (exact) mass is 460 g/mol. The first-order valence-electron chi connectivity index (χ1n) is 11.3. The highest BCUT2D eigenvalue weighted by molar-refractivity contribution is 5.87. The van der Waals surface area contributed by atoms with Gasteiger partial charge < -0.3 is 19.4 Å². The van der Waals surface area contributed by atoms with Crippen molar-refractivity contribution in [3.8, 4) is 5.75 Å². The molecular weight excluding hydrogens is 431 g/mol. The fourth-order valence-corrected chi connectivity index (χ4v) is 4.36. The Labute approximate surface area is 199 Å². The summed E-state index contributed by atoms with van der Waals surface area (Å²) in [6.45, 7) is 1.52. The number of hydrogen-bond acceptors (Lipinski definition) is 3. The molecule has 34 heavy (non-hydrogen) atoms. The van der Waals surface area contributed by atoms with Crippen molar-refractivity contribution in [2.75, 3.05) is 27.4 Å². The molecule has 1 amide bonds. The van der Waals surface area contributed by atoms with E-state index in [1.807, 2.05) is 36.4 Å². The van der Waals surface area contributed by atoms with Crippen LogP contribution in [-0.2, 0) is 16.1 Å². The van der Waals surface area contributed by atoms with Crippen molar-refractivity contribution in [3.63, 3.8) is 0 Å². The lowest BCUT2D eigenvalue weighted by Crippen LogP contribution is -2.28. The fourth-order valence-electron chi connectivity index (χ4n) is 4.36. The second-order valence-electron chi connectivity index (χ2n) is 8.20. The van der Waals surface area contributed by atoms with Crippen molar-refractivity contribution in [3.05, 3.63) is 102 Å². The van der Waals surface area contributed by atoms with Gasteiger partial charge in [-0.15, -0.1) is 0 Å². The van der Waals surface area contributed by atoms with Crippen LogP contribution in [0.15, 0.2) is 79.0 Å². The Kier molecular flexibility index (Phi) is 7.60. The fraction of sp³-hybridized carbons (Fsp3) is 0.250. The summed E-state index contributed by atoms with van der Waals surface area (Å²) in [5, 5.41) is 4.02. The van der Waals surface area contributed by atoms with Gasteiger partial charge in [0.2, 0.25) is 5.91 Å². The lowest BCUT2D eigenvalue weighted by molar-refractivity contribution is -0.121. The van der Waals surface area contributed by atoms with Crippen LogP contribution in [0.4, 0.5) is 4.39 Å². The van der Waals surface area contributed by atoms with Gasteiger partial charge in [-0.25, -0.2) is 4.39 Å². The van der Waals surface area contributed by atoms with Gasteiger partial charge in [0.15, 0.2) is 0 Å². The molecule has 0 bridgehead atoms. The summed E-state index contributed by atoms with van der Waals surface area (Å²) in [4.78, 5) is 12.9. The number of methoxy groups -OCH3 is 2. The summed E-state index contributed by atoms with van der Waals surface area (Å²) >= 11 is 0. The molecule has 1 heterocycles. The number of rotatable bonds is 10. The third kappa shape index (κ3) is 5.29. The Morgan fingerprint density at radius 3 is 2.47 bits per heavy atom. The second kappa shape index (κ2) is 11.0. The zero-order chi connectivity index (χ0) is 23.9. The molecule has 6 heteroatoms. The maximum absolute atomic E-state index is 13.4. The Morgan fingerprint density at radius 1 is 0.971 bits per heavy atom. The van der Waals surface area contributed by atoms with Gasteiger partial charge >= 0.3 is 0 Å². The average Bonchev–Trinajstić information content (AvgIpc) is 3.22. The number of amides is 1. The van der Waals surface area contributed by atoms with E-state index in [-0.39, 0.29) is 24.1 Å². The lowest BCUT2D eigenvalue weighted by Gasteiger charge is -2.20. The third-order valence-corrected chi connectivity index (χ3v) is 5.99. The molecule has 3 aromatic carbocycles. The molecule has 0 saturated heterocycles. The van der Waals surface area contributed by atoms with Crippen LogP contribution in [0.1, 0.15) is 29.0 Å². The van der Waals surface area contributed by atoms with E-state index in [4.69, 9.17) is 9.47 Å². The van der Waals surface area contributed by atoms with Crippen molar-refractivity contribution in [1.29, 1.82) is 0 Å². The van der Waals surface area contributed by atoms with Gasteiger partial charge in [-0.05, 0) is 35.4 Å². The van der Waals surface area contributed by atoms with E-state index in [1.54, 1.807) is 26.4 Å². The number of carbonyl (C=O) groups is 1. The molecule has 1 atom stereocenters. The Balaban J connectivity index is 1.77. The molecule has 0 aliphatic heterocycles. The number of para-hydroxylation sites is 2. The van der Waals surface area contributed by atoms with Gasteiger partial charge in [0.05, 0.1) is 13.7 Å². The number of fused-ring (bicyclic) bond motifs is 1. The van der Waals surface area contributed by atoms with Crippen LogP contribution in [0.5, 0.6) is 5.75 Å². The van der Waals surface area contributed by atoms with Crippen molar-refractivity contribution in [2.24, 2.45) is 0 Å². The first-order valence-corrected chi connectivity index (χ1v) is 11.3. The quantitative estimate of drug-likeness (QED) is 0.334. The molecule has 0 radical (unpaired) electrons. The number of halogens is 1. The molecule has 0 aliphatic rings. The number of ether oxygens (including phenoxy) is 2. The van der Waals surface area contributed by atoms with E-state index in [9.17, 15) is 9.18 Å². The number of benzene rings is 3. The van der Waals surface area contributed by atoms with Crippen LogP contribution in [0.3, 0.4) is 0 Å². The number of nitrogens with one attached hydrogen (secondary N) is 1. The highest BCUT2D eigenvalue weighted by atomic mass is 19.1. The predicted octanol–water partition coefficient (Wildman–Crippen LogP) is 5.12. The molecule has 0 aliphatic carbocycles. The molecule has 4 aromatic rings. The third-order valence-electron chi connectivity index (χ3n) is 5.99. The van der Waals surface area contributed by atoms with Gasteiger partial charge in [0.25, 0.3) is 0 Å². The van der Waals surface area contributed by atoms with Crippen LogP contribution in [-0.4, -0.2) is 37.8 Å². The zero-order valence-corrected chi connectivity index (χ0v) is 19.5. The van der Waals surface area contributed by atoms with Crippen LogP contribution < -0.4 is 10.1 Å². The smallest absolute Gasteiger partial charge is 0.221 e. The Morgan fingerprint density at radius 2 is 1.71 bits per heavy atom. The number of aromatic nitrogens is 1. The molecule has 0 spiro atoms. The van der Waals surface area contributed by atoms with Gasteiger partial charge in [-0.2, -0.15) is 0 Å². The average molecular weight is 461 g/mol. The van der Waals surface area contributed by atoms with Crippen LogP contribution >= 0.6 is 0 Å².